The van der Waals surface area contributed by atoms with Crippen LogP contribution in [0, 0.1) is 13.8 Å². The number of sulfone groups is 1. The number of aryl methyl sites for hydroxylation is 2. The summed E-state index contributed by atoms with van der Waals surface area (Å²) < 4.78 is 49.9. The molecule has 2 rings (SSSR count). The van der Waals surface area contributed by atoms with Gasteiger partial charge in [-0.15, -0.1) is 0 Å². The zero-order valence-corrected chi connectivity index (χ0v) is 12.4. The molecule has 0 radical (unpaired) electrons. The molecule has 2 heterocycles. The Morgan fingerprint density at radius 3 is 2.58 bits per heavy atom. The third-order valence-corrected chi connectivity index (χ3v) is 7.25. The van der Waals surface area contributed by atoms with Crippen molar-refractivity contribution in [3.8, 4) is 0 Å². The highest BCUT2D eigenvalue weighted by Crippen LogP contribution is 2.21. The van der Waals surface area contributed by atoms with Gasteiger partial charge < -0.3 is 0 Å². The van der Waals surface area contributed by atoms with Crippen molar-refractivity contribution in [2.24, 2.45) is 0 Å². The van der Waals surface area contributed by atoms with Gasteiger partial charge in [0.1, 0.15) is 4.90 Å². The fourth-order valence-electron chi connectivity index (χ4n) is 2.30. The maximum Gasteiger partial charge on any atom is 0.244 e. The lowest BCUT2D eigenvalue weighted by molar-refractivity contribution is 0.570. The van der Waals surface area contributed by atoms with E-state index < -0.39 is 25.1 Å². The summed E-state index contributed by atoms with van der Waals surface area (Å²) in [5, 5.41) is 5.81. The van der Waals surface area contributed by atoms with Crippen molar-refractivity contribution < 1.29 is 16.8 Å². The van der Waals surface area contributed by atoms with E-state index in [0.29, 0.717) is 24.2 Å². The van der Waals surface area contributed by atoms with Crippen LogP contribution in [-0.2, 0) is 19.9 Å². The molecule has 1 aliphatic heterocycles. The average molecular weight is 307 g/mol. The van der Waals surface area contributed by atoms with Gasteiger partial charge in [-0.3, -0.25) is 5.10 Å². The monoisotopic (exact) mass is 307 g/mol. The Morgan fingerprint density at radius 1 is 1.42 bits per heavy atom. The predicted octanol–water partition coefficient (Wildman–Crippen LogP) is -0.118. The minimum Gasteiger partial charge on any atom is -0.281 e. The Labute approximate surface area is 112 Å². The molecule has 1 unspecified atom stereocenters. The summed E-state index contributed by atoms with van der Waals surface area (Å²) in [6.45, 7) is 3.12. The fraction of sp³-hybridized carbons (Fsp3) is 0.700. The lowest BCUT2D eigenvalue weighted by Crippen LogP contribution is -2.35. The van der Waals surface area contributed by atoms with Crippen LogP contribution >= 0.6 is 0 Å². The van der Waals surface area contributed by atoms with Gasteiger partial charge in [-0.25, -0.2) is 21.6 Å². The molecular weight excluding hydrogens is 290 g/mol. The topological polar surface area (TPSA) is 109 Å². The third-order valence-electron chi connectivity index (χ3n) is 3.29. The summed E-state index contributed by atoms with van der Waals surface area (Å²) in [5.41, 5.74) is 0.818. The second kappa shape index (κ2) is 4.88. The highest BCUT2D eigenvalue weighted by molar-refractivity contribution is 7.92. The summed E-state index contributed by atoms with van der Waals surface area (Å²) >= 11 is 0. The van der Waals surface area contributed by atoms with Gasteiger partial charge in [0.15, 0.2) is 9.84 Å². The molecule has 2 N–H and O–H groups in total. The van der Waals surface area contributed by atoms with Crippen LogP contribution in [0.2, 0.25) is 0 Å². The summed E-state index contributed by atoms with van der Waals surface area (Å²) in [4.78, 5) is 0.0999. The number of hydrogen-bond donors (Lipinski definition) is 2. The average Bonchev–Trinajstić information content (AvgIpc) is 2.79. The quantitative estimate of drug-likeness (QED) is 0.806. The van der Waals surface area contributed by atoms with Crippen LogP contribution in [0.5, 0.6) is 0 Å². The van der Waals surface area contributed by atoms with Gasteiger partial charge in [0.2, 0.25) is 10.0 Å². The van der Waals surface area contributed by atoms with Crippen molar-refractivity contribution in [2.75, 3.05) is 12.3 Å². The van der Waals surface area contributed by atoms with Gasteiger partial charge in [-0.05, 0) is 26.7 Å². The lowest BCUT2D eigenvalue weighted by atomic mass is 10.2. The van der Waals surface area contributed by atoms with Crippen LogP contribution in [0.15, 0.2) is 4.90 Å². The molecular formula is C10H17N3O4S2. The molecule has 0 spiro atoms. The van der Waals surface area contributed by atoms with Gasteiger partial charge >= 0.3 is 0 Å². The van der Waals surface area contributed by atoms with Gasteiger partial charge in [-0.1, -0.05) is 0 Å². The van der Waals surface area contributed by atoms with E-state index in [0.717, 1.165) is 0 Å². The van der Waals surface area contributed by atoms with Gasteiger partial charge in [0.25, 0.3) is 0 Å². The second-order valence-corrected chi connectivity index (χ2v) is 8.85. The molecule has 1 aliphatic rings. The van der Waals surface area contributed by atoms with Crippen molar-refractivity contribution >= 4 is 19.9 Å². The van der Waals surface area contributed by atoms with E-state index in [-0.39, 0.29) is 17.2 Å². The third kappa shape index (κ3) is 2.82. The first-order valence-corrected chi connectivity index (χ1v) is 9.17. The molecule has 9 heteroatoms. The van der Waals surface area contributed by atoms with E-state index in [9.17, 15) is 16.8 Å². The van der Waals surface area contributed by atoms with E-state index in [1.54, 1.807) is 13.8 Å². The molecule has 108 valence electrons. The van der Waals surface area contributed by atoms with E-state index in [4.69, 9.17) is 0 Å². The van der Waals surface area contributed by atoms with E-state index >= 15 is 0 Å². The van der Waals surface area contributed by atoms with Gasteiger partial charge in [0, 0.05) is 6.54 Å². The van der Waals surface area contributed by atoms with Crippen molar-refractivity contribution in [3.05, 3.63) is 11.4 Å². The zero-order valence-electron chi connectivity index (χ0n) is 10.8. The minimum absolute atomic E-state index is 0.0747. The summed E-state index contributed by atoms with van der Waals surface area (Å²) in [6, 6.07) is 0. The molecule has 1 atom stereocenters. The van der Waals surface area contributed by atoms with Crippen LogP contribution in [0.3, 0.4) is 0 Å². The summed E-state index contributed by atoms with van der Waals surface area (Å²) in [5.74, 6) is 0.142. The number of rotatable bonds is 4. The molecule has 1 aromatic rings. The number of aromatic nitrogens is 2. The number of hydrogen-bond acceptors (Lipinski definition) is 5. The number of nitrogens with zero attached hydrogens (tertiary/aromatic N) is 1. The van der Waals surface area contributed by atoms with Crippen molar-refractivity contribution in [3.63, 3.8) is 0 Å². The smallest absolute Gasteiger partial charge is 0.244 e. The predicted molar refractivity (Wildman–Crippen MR) is 70.1 cm³/mol. The fourth-order valence-corrected chi connectivity index (χ4v) is 5.62. The first kappa shape index (κ1) is 14.5. The molecule has 0 aromatic carbocycles. The maximum absolute atomic E-state index is 12.1. The van der Waals surface area contributed by atoms with E-state index in [1.165, 1.54) is 0 Å². The molecule has 1 aromatic heterocycles. The molecule has 0 saturated carbocycles. The lowest BCUT2D eigenvalue weighted by Gasteiger charge is -2.11. The Morgan fingerprint density at radius 2 is 2.11 bits per heavy atom. The van der Waals surface area contributed by atoms with Crippen LogP contribution < -0.4 is 4.72 Å². The maximum atomic E-state index is 12.1. The molecule has 19 heavy (non-hydrogen) atoms. The van der Waals surface area contributed by atoms with Gasteiger partial charge in [0.05, 0.1) is 22.4 Å². The summed E-state index contributed by atoms with van der Waals surface area (Å²) in [6.07, 6.45) is 1.10. The Bertz CT molecular complexity index is 656. The number of sulfonamides is 1. The van der Waals surface area contributed by atoms with Crippen LogP contribution in [0.1, 0.15) is 24.2 Å². The standard InChI is InChI=1S/C10H17N3O4S2/c1-7-10(8(2)13-12-7)19(16,17)11-6-9-4-3-5-18(9,14)15/h9,11H,3-6H2,1-2H3,(H,12,13). The Kier molecular flexibility index (Phi) is 3.72. The highest BCUT2D eigenvalue weighted by atomic mass is 32.2. The Hall–Kier alpha value is -0.930. The van der Waals surface area contributed by atoms with Crippen molar-refractivity contribution in [2.45, 2.75) is 36.8 Å². The van der Waals surface area contributed by atoms with Gasteiger partial charge in [-0.2, -0.15) is 5.10 Å². The Balaban J connectivity index is 2.16. The molecule has 0 bridgehead atoms. The van der Waals surface area contributed by atoms with E-state index in [1.807, 2.05) is 0 Å². The molecule has 1 fully saturated rings. The van der Waals surface area contributed by atoms with Crippen LogP contribution in [-0.4, -0.2) is 44.6 Å². The molecule has 0 amide bonds. The SMILES string of the molecule is Cc1n[nH]c(C)c1S(=O)(=O)NCC1CCCS1(=O)=O. The highest BCUT2D eigenvalue weighted by Gasteiger charge is 2.33. The summed E-state index contributed by atoms with van der Waals surface area (Å²) in [7, 11) is -6.87. The van der Waals surface area contributed by atoms with Crippen LogP contribution in [0.25, 0.3) is 0 Å². The van der Waals surface area contributed by atoms with Crippen LogP contribution in [0.4, 0.5) is 0 Å². The second-order valence-electron chi connectivity index (χ2n) is 4.75. The number of H-pyrrole nitrogens is 1. The molecule has 0 aliphatic carbocycles. The molecule has 1 saturated heterocycles. The zero-order chi connectivity index (χ0) is 14.3. The number of aromatic amines is 1. The normalized spacial score (nSPS) is 22.7. The molecule has 7 nitrogen and oxygen atoms in total. The first-order chi connectivity index (χ1) is 8.74. The van der Waals surface area contributed by atoms with Crippen molar-refractivity contribution in [1.29, 1.82) is 0 Å². The van der Waals surface area contributed by atoms with Crippen molar-refractivity contribution in [1.82, 2.24) is 14.9 Å². The van der Waals surface area contributed by atoms with E-state index in [2.05, 4.69) is 14.9 Å². The first-order valence-electron chi connectivity index (χ1n) is 5.97. The largest absolute Gasteiger partial charge is 0.281 e. The minimum atomic E-state index is -3.72. The number of nitrogens with one attached hydrogen (secondary N) is 2.